The highest BCUT2D eigenvalue weighted by Gasteiger charge is 2.65. The van der Waals surface area contributed by atoms with Crippen LogP contribution in [-0.2, 0) is 11.3 Å². The van der Waals surface area contributed by atoms with Crippen LogP contribution in [0.4, 0.5) is 0 Å². The van der Waals surface area contributed by atoms with Crippen LogP contribution in [-0.4, -0.2) is 39.5 Å². The Labute approximate surface area is 217 Å². The molecule has 0 aromatic heterocycles. The van der Waals surface area contributed by atoms with E-state index < -0.39 is 0 Å². The van der Waals surface area contributed by atoms with Crippen LogP contribution >= 0.6 is 0 Å². The molecule has 5 heteroatoms. The summed E-state index contributed by atoms with van der Waals surface area (Å²) in [5.41, 5.74) is 1.00. The van der Waals surface area contributed by atoms with E-state index in [0.29, 0.717) is 42.6 Å². The smallest absolute Gasteiger partial charge is 0.220 e. The van der Waals surface area contributed by atoms with Gasteiger partial charge in [-0.1, -0.05) is 51.1 Å². The minimum atomic E-state index is -0.375. The number of benzene rings is 1. The highest BCUT2D eigenvalue weighted by Crippen LogP contribution is 2.68. The predicted molar refractivity (Wildman–Crippen MR) is 141 cm³/mol. The molecule has 0 saturated heterocycles. The van der Waals surface area contributed by atoms with Crippen LogP contribution in [0.3, 0.4) is 0 Å². The standard InChI is InChI=1S/C31H47NO4/c1-19(9-12-28(36)32-18-20-7-5-4-6-8-20)23-10-11-24-29-25(17-27(35)31(23,24)3)30(2)14-13-22(33)15-21(30)16-26(29)34/h4-8,19,21-27,29,33-35H,9-18H2,1-3H3,(H,32,36)/t19-,21+,22-,23-,24+,25+,26-,27+,29+,30+,31-/m1/s1. The van der Waals surface area contributed by atoms with Crippen LogP contribution in [0.15, 0.2) is 30.3 Å². The molecule has 0 unspecified atom stereocenters. The molecule has 1 aromatic carbocycles. The number of hydrogen-bond acceptors (Lipinski definition) is 4. The van der Waals surface area contributed by atoms with Crippen molar-refractivity contribution >= 4 is 5.91 Å². The van der Waals surface area contributed by atoms with E-state index in [1.54, 1.807) is 0 Å². The third-order valence-electron chi connectivity index (χ3n) is 11.7. The maximum Gasteiger partial charge on any atom is 0.220 e. The lowest BCUT2D eigenvalue weighted by Crippen LogP contribution is -2.62. The number of fused-ring (bicyclic) bond motifs is 5. The van der Waals surface area contributed by atoms with Crippen molar-refractivity contribution in [3.63, 3.8) is 0 Å². The van der Waals surface area contributed by atoms with Gasteiger partial charge in [-0.2, -0.15) is 0 Å². The zero-order valence-electron chi connectivity index (χ0n) is 22.4. The number of aliphatic hydroxyl groups is 3. The first-order chi connectivity index (χ1) is 17.1. The molecule has 4 N–H and O–H groups in total. The normalized spacial score (nSPS) is 44.7. The molecular formula is C31H47NO4. The monoisotopic (exact) mass is 497 g/mol. The van der Waals surface area contributed by atoms with Crippen LogP contribution < -0.4 is 5.32 Å². The number of carbonyl (C=O) groups excluding carboxylic acids is 1. The van der Waals surface area contributed by atoms with Crippen molar-refractivity contribution in [1.29, 1.82) is 0 Å². The number of nitrogens with one attached hydrogen (secondary N) is 1. The van der Waals surface area contributed by atoms with Crippen LogP contribution in [0.5, 0.6) is 0 Å². The van der Waals surface area contributed by atoms with Gasteiger partial charge in [-0.25, -0.2) is 0 Å². The molecule has 0 heterocycles. The Morgan fingerprint density at radius 3 is 2.53 bits per heavy atom. The molecule has 0 aliphatic heterocycles. The summed E-state index contributed by atoms with van der Waals surface area (Å²) in [6, 6.07) is 10.0. The summed E-state index contributed by atoms with van der Waals surface area (Å²) in [4.78, 5) is 12.6. The van der Waals surface area contributed by atoms with Gasteiger partial charge in [0.15, 0.2) is 0 Å². The Morgan fingerprint density at radius 2 is 1.78 bits per heavy atom. The summed E-state index contributed by atoms with van der Waals surface area (Å²) in [5.74, 6) is 2.04. The highest BCUT2D eigenvalue weighted by atomic mass is 16.3. The predicted octanol–water partition coefficient (Wildman–Crippen LogP) is 4.68. The van der Waals surface area contributed by atoms with Crippen molar-refractivity contribution in [2.75, 3.05) is 0 Å². The lowest BCUT2D eigenvalue weighted by Gasteiger charge is -2.63. The third-order valence-corrected chi connectivity index (χ3v) is 11.7. The first-order valence-corrected chi connectivity index (χ1v) is 14.5. The second-order valence-corrected chi connectivity index (χ2v) is 13.3. The van der Waals surface area contributed by atoms with E-state index in [1.165, 1.54) is 0 Å². The molecule has 0 radical (unpaired) electrons. The molecule has 4 aliphatic rings. The molecule has 5 nitrogen and oxygen atoms in total. The summed E-state index contributed by atoms with van der Waals surface area (Å²) in [7, 11) is 0. The fourth-order valence-electron chi connectivity index (χ4n) is 9.58. The van der Waals surface area contributed by atoms with Gasteiger partial charge >= 0.3 is 0 Å². The van der Waals surface area contributed by atoms with Gasteiger partial charge in [0.05, 0.1) is 18.3 Å². The Balaban J connectivity index is 1.25. The van der Waals surface area contributed by atoms with E-state index in [2.05, 4.69) is 26.1 Å². The van der Waals surface area contributed by atoms with Crippen molar-refractivity contribution in [2.24, 2.45) is 46.3 Å². The molecule has 0 bridgehead atoms. The number of hydrogen-bond donors (Lipinski definition) is 4. The van der Waals surface area contributed by atoms with E-state index in [4.69, 9.17) is 0 Å². The van der Waals surface area contributed by atoms with E-state index in [0.717, 1.165) is 56.9 Å². The third kappa shape index (κ3) is 4.43. The molecular weight excluding hydrogens is 450 g/mol. The molecule has 1 aromatic rings. The number of rotatable bonds is 6. The van der Waals surface area contributed by atoms with E-state index >= 15 is 0 Å². The fourth-order valence-corrected chi connectivity index (χ4v) is 9.58. The highest BCUT2D eigenvalue weighted by molar-refractivity contribution is 5.75. The second kappa shape index (κ2) is 10.0. The lowest BCUT2D eigenvalue weighted by molar-refractivity contribution is -0.207. The number of aliphatic hydroxyl groups excluding tert-OH is 3. The van der Waals surface area contributed by atoms with E-state index in [9.17, 15) is 20.1 Å². The maximum atomic E-state index is 12.6. The second-order valence-electron chi connectivity index (χ2n) is 13.3. The molecule has 4 aliphatic carbocycles. The summed E-state index contributed by atoms with van der Waals surface area (Å²) < 4.78 is 0. The largest absolute Gasteiger partial charge is 0.393 e. The molecule has 4 fully saturated rings. The molecule has 36 heavy (non-hydrogen) atoms. The van der Waals surface area contributed by atoms with E-state index in [1.807, 2.05) is 30.3 Å². The van der Waals surface area contributed by atoms with Crippen molar-refractivity contribution in [3.8, 4) is 0 Å². The van der Waals surface area contributed by atoms with E-state index in [-0.39, 0.29) is 41.0 Å². The summed E-state index contributed by atoms with van der Waals surface area (Å²) >= 11 is 0. The quantitative estimate of drug-likeness (QED) is 0.459. The van der Waals surface area contributed by atoms with Gasteiger partial charge in [0, 0.05) is 13.0 Å². The first-order valence-electron chi connectivity index (χ1n) is 14.5. The van der Waals surface area contributed by atoms with Gasteiger partial charge in [0.25, 0.3) is 0 Å². The van der Waals surface area contributed by atoms with Crippen molar-refractivity contribution in [1.82, 2.24) is 5.32 Å². The van der Waals surface area contributed by atoms with Gasteiger partial charge in [-0.3, -0.25) is 4.79 Å². The minimum Gasteiger partial charge on any atom is -0.393 e. The Hall–Kier alpha value is -1.43. The van der Waals surface area contributed by atoms with Gasteiger partial charge in [0.1, 0.15) is 0 Å². The lowest BCUT2D eigenvalue weighted by atomic mass is 9.43. The zero-order valence-corrected chi connectivity index (χ0v) is 22.4. The van der Waals surface area contributed by atoms with Crippen molar-refractivity contribution in [2.45, 2.75) is 103 Å². The van der Waals surface area contributed by atoms with Crippen molar-refractivity contribution in [3.05, 3.63) is 35.9 Å². The van der Waals surface area contributed by atoms with Crippen molar-refractivity contribution < 1.29 is 20.1 Å². The molecule has 5 rings (SSSR count). The molecule has 200 valence electrons. The van der Waals surface area contributed by atoms with Crippen LogP contribution in [0, 0.1) is 46.3 Å². The minimum absolute atomic E-state index is 0.0933. The Bertz CT molecular complexity index is 922. The Morgan fingerprint density at radius 1 is 1.03 bits per heavy atom. The van der Waals surface area contributed by atoms with Gasteiger partial charge in [0.2, 0.25) is 5.91 Å². The number of amides is 1. The van der Waals surface area contributed by atoms with Gasteiger partial charge in [-0.15, -0.1) is 0 Å². The van der Waals surface area contributed by atoms with Crippen LogP contribution in [0.25, 0.3) is 0 Å². The molecule has 1 amide bonds. The fraction of sp³-hybridized carbons (Fsp3) is 0.774. The summed E-state index contributed by atoms with van der Waals surface area (Å²) in [6.07, 6.45) is 6.70. The summed E-state index contributed by atoms with van der Waals surface area (Å²) in [5, 5.41) is 36.5. The SMILES string of the molecule is C[C@H](CCC(=O)NCc1ccccc1)[C@H]1CC[C@H]2[C@@H]3[C@H](O)C[C@@H]4C[C@H](O)CC[C@]4(C)[C@H]3C[C@H](O)[C@]12C. The Kier molecular flexibility index (Phi) is 7.30. The number of carbonyl (C=O) groups is 1. The van der Waals surface area contributed by atoms with Crippen LogP contribution in [0.1, 0.15) is 84.1 Å². The maximum absolute atomic E-state index is 12.6. The van der Waals surface area contributed by atoms with Gasteiger partial charge in [-0.05, 0) is 103 Å². The van der Waals surface area contributed by atoms with Crippen LogP contribution in [0.2, 0.25) is 0 Å². The molecule has 4 saturated carbocycles. The van der Waals surface area contributed by atoms with Gasteiger partial charge < -0.3 is 20.6 Å². The zero-order chi connectivity index (χ0) is 25.7. The average Bonchev–Trinajstić information content (AvgIpc) is 3.22. The first kappa shape index (κ1) is 26.2. The molecule has 11 atom stereocenters. The summed E-state index contributed by atoms with van der Waals surface area (Å²) in [6.45, 7) is 7.49. The average molecular weight is 498 g/mol. The topological polar surface area (TPSA) is 89.8 Å². The molecule has 0 spiro atoms.